The normalized spacial score (nSPS) is 17.0. The van der Waals surface area contributed by atoms with E-state index in [4.69, 9.17) is 0 Å². The molecule has 0 radical (unpaired) electrons. The number of rotatable bonds is 3. The first kappa shape index (κ1) is 17.1. The first-order chi connectivity index (χ1) is 12.6. The van der Waals surface area contributed by atoms with Crippen LogP contribution in [0.3, 0.4) is 0 Å². The van der Waals surface area contributed by atoms with Crippen molar-refractivity contribution in [1.29, 1.82) is 0 Å². The molecule has 3 aromatic heterocycles. The number of fused-ring (bicyclic) bond motifs is 1. The monoisotopic (exact) mass is 386 g/mol. The molecule has 0 saturated carbocycles. The van der Waals surface area contributed by atoms with E-state index in [0.717, 1.165) is 27.2 Å². The van der Waals surface area contributed by atoms with E-state index in [2.05, 4.69) is 9.97 Å². The smallest absolute Gasteiger partial charge is 0.263 e. The summed E-state index contributed by atoms with van der Waals surface area (Å²) in [5, 5.41) is 1.91. The number of aromatic nitrogens is 2. The van der Waals surface area contributed by atoms with Gasteiger partial charge in [0.25, 0.3) is 11.8 Å². The van der Waals surface area contributed by atoms with Gasteiger partial charge in [-0.2, -0.15) is 0 Å². The molecule has 0 bridgehead atoms. The van der Waals surface area contributed by atoms with Gasteiger partial charge in [-0.3, -0.25) is 14.6 Å². The minimum atomic E-state index is -0.0344. The number of hydrogen-bond donors (Lipinski definition) is 0. The van der Waals surface area contributed by atoms with Crippen molar-refractivity contribution in [1.82, 2.24) is 19.8 Å². The van der Waals surface area contributed by atoms with E-state index in [1.807, 2.05) is 22.4 Å². The molecule has 2 amide bonds. The standard InChI is InChI=1S/C18H18N4O2S2/c1-21(2)18(24)15-13(14-16(26-15)20-7-6-19-14)11-5-8-22(10-11)17(23)12-4-3-9-25-12/h3-4,6-7,9,11H,5,8,10H2,1-2H3/t11-/m0/s1. The van der Waals surface area contributed by atoms with Crippen molar-refractivity contribution in [3.8, 4) is 0 Å². The average molecular weight is 387 g/mol. The average Bonchev–Trinajstić information content (AvgIpc) is 3.38. The highest BCUT2D eigenvalue weighted by molar-refractivity contribution is 7.20. The quantitative estimate of drug-likeness (QED) is 0.694. The number of carbonyl (C=O) groups excluding carboxylic acids is 2. The summed E-state index contributed by atoms with van der Waals surface area (Å²) in [6, 6.07) is 3.74. The molecular weight excluding hydrogens is 368 g/mol. The second-order valence-corrected chi connectivity index (χ2v) is 8.42. The maximum atomic E-state index is 12.7. The van der Waals surface area contributed by atoms with Crippen molar-refractivity contribution in [2.75, 3.05) is 27.2 Å². The van der Waals surface area contributed by atoms with Crippen LogP contribution in [0.5, 0.6) is 0 Å². The fourth-order valence-corrected chi connectivity index (χ4v) is 5.22. The number of likely N-dealkylation sites (tertiary alicyclic amines) is 1. The summed E-state index contributed by atoms with van der Waals surface area (Å²) >= 11 is 2.85. The van der Waals surface area contributed by atoms with Crippen LogP contribution in [0.25, 0.3) is 10.3 Å². The van der Waals surface area contributed by atoms with Crippen molar-refractivity contribution in [3.63, 3.8) is 0 Å². The molecule has 0 N–H and O–H groups in total. The molecule has 0 aliphatic carbocycles. The summed E-state index contributed by atoms with van der Waals surface area (Å²) < 4.78 is 0. The van der Waals surface area contributed by atoms with E-state index in [0.29, 0.717) is 18.0 Å². The Kier molecular flexibility index (Phi) is 4.46. The van der Waals surface area contributed by atoms with Gasteiger partial charge in [0.05, 0.1) is 9.75 Å². The van der Waals surface area contributed by atoms with Gasteiger partial charge in [-0.05, 0) is 17.9 Å². The topological polar surface area (TPSA) is 66.4 Å². The van der Waals surface area contributed by atoms with Gasteiger partial charge in [0.15, 0.2) is 0 Å². The SMILES string of the molecule is CN(C)C(=O)c1sc2nccnc2c1[C@H]1CCN(C(=O)c2cccs2)C1. The van der Waals surface area contributed by atoms with E-state index in [9.17, 15) is 9.59 Å². The molecule has 1 atom stereocenters. The van der Waals surface area contributed by atoms with Crippen LogP contribution >= 0.6 is 22.7 Å². The zero-order valence-electron chi connectivity index (χ0n) is 14.5. The van der Waals surface area contributed by atoms with Crippen molar-refractivity contribution in [2.24, 2.45) is 0 Å². The third-order valence-corrected chi connectivity index (χ3v) is 6.53. The molecule has 0 unspecified atom stereocenters. The van der Waals surface area contributed by atoms with Gasteiger partial charge in [0.2, 0.25) is 0 Å². The lowest BCUT2D eigenvalue weighted by atomic mass is 9.97. The van der Waals surface area contributed by atoms with Gasteiger partial charge in [-0.25, -0.2) is 4.98 Å². The Labute approximate surface area is 159 Å². The minimum absolute atomic E-state index is 0.0344. The molecule has 4 rings (SSSR count). The van der Waals surface area contributed by atoms with Gasteiger partial charge >= 0.3 is 0 Å². The summed E-state index contributed by atoms with van der Waals surface area (Å²) in [6.45, 7) is 1.29. The fraction of sp³-hybridized carbons (Fsp3) is 0.333. The summed E-state index contributed by atoms with van der Waals surface area (Å²) in [5.41, 5.74) is 1.73. The van der Waals surface area contributed by atoms with Gasteiger partial charge in [-0.15, -0.1) is 22.7 Å². The van der Waals surface area contributed by atoms with E-state index < -0.39 is 0 Å². The highest BCUT2D eigenvalue weighted by Gasteiger charge is 2.34. The molecule has 1 aliphatic rings. The maximum absolute atomic E-state index is 12.7. The Morgan fingerprint density at radius 2 is 2.08 bits per heavy atom. The number of thiophene rings is 2. The molecule has 1 fully saturated rings. The Morgan fingerprint density at radius 3 is 2.81 bits per heavy atom. The molecule has 3 aromatic rings. The van der Waals surface area contributed by atoms with Crippen molar-refractivity contribution in [2.45, 2.75) is 12.3 Å². The van der Waals surface area contributed by atoms with Crippen LogP contribution in [0.1, 0.15) is 37.2 Å². The molecule has 1 aliphatic heterocycles. The summed E-state index contributed by atoms with van der Waals surface area (Å²) in [6.07, 6.45) is 4.13. The van der Waals surface area contributed by atoms with Gasteiger partial charge in [0.1, 0.15) is 10.3 Å². The number of amides is 2. The molecule has 26 heavy (non-hydrogen) atoms. The number of carbonyl (C=O) groups is 2. The molecule has 1 saturated heterocycles. The highest BCUT2D eigenvalue weighted by atomic mass is 32.1. The van der Waals surface area contributed by atoms with Gasteiger partial charge < -0.3 is 9.80 Å². The fourth-order valence-electron chi connectivity index (χ4n) is 3.32. The van der Waals surface area contributed by atoms with Gasteiger partial charge in [-0.1, -0.05) is 6.07 Å². The first-order valence-corrected chi connectivity index (χ1v) is 10.0. The largest absolute Gasteiger partial charge is 0.344 e. The molecule has 4 heterocycles. The van der Waals surface area contributed by atoms with Crippen LogP contribution in [0.4, 0.5) is 0 Å². The number of hydrogen-bond acceptors (Lipinski definition) is 6. The summed E-state index contributed by atoms with van der Waals surface area (Å²) in [7, 11) is 3.50. The van der Waals surface area contributed by atoms with E-state index in [1.165, 1.54) is 22.7 Å². The Bertz CT molecular complexity index is 965. The highest BCUT2D eigenvalue weighted by Crippen LogP contribution is 2.39. The van der Waals surface area contributed by atoms with Crippen LogP contribution < -0.4 is 0 Å². The van der Waals surface area contributed by atoms with Crippen LogP contribution in [-0.2, 0) is 0 Å². The first-order valence-electron chi connectivity index (χ1n) is 8.34. The molecule has 0 spiro atoms. The predicted octanol–water partition coefficient (Wildman–Crippen LogP) is 3.08. The second-order valence-electron chi connectivity index (χ2n) is 6.47. The van der Waals surface area contributed by atoms with Crippen LogP contribution in [0.2, 0.25) is 0 Å². The van der Waals surface area contributed by atoms with E-state index in [1.54, 1.807) is 31.4 Å². The van der Waals surface area contributed by atoms with Crippen molar-refractivity contribution in [3.05, 3.63) is 45.2 Å². The second kappa shape index (κ2) is 6.77. The lowest BCUT2D eigenvalue weighted by Gasteiger charge is -2.17. The van der Waals surface area contributed by atoms with Gasteiger partial charge in [0, 0.05) is 51.1 Å². The van der Waals surface area contributed by atoms with Crippen molar-refractivity contribution < 1.29 is 9.59 Å². The molecular formula is C18H18N4O2S2. The Hall–Kier alpha value is -2.32. The molecule has 8 heteroatoms. The lowest BCUT2D eigenvalue weighted by Crippen LogP contribution is -2.28. The van der Waals surface area contributed by atoms with Crippen LogP contribution in [0, 0.1) is 0 Å². The van der Waals surface area contributed by atoms with Crippen LogP contribution in [0.15, 0.2) is 29.9 Å². The van der Waals surface area contributed by atoms with E-state index >= 15 is 0 Å². The molecule has 6 nitrogen and oxygen atoms in total. The molecule has 0 aromatic carbocycles. The minimum Gasteiger partial charge on any atom is -0.344 e. The zero-order chi connectivity index (χ0) is 18.3. The van der Waals surface area contributed by atoms with E-state index in [-0.39, 0.29) is 17.7 Å². The maximum Gasteiger partial charge on any atom is 0.263 e. The summed E-state index contributed by atoms with van der Waals surface area (Å²) in [5.74, 6) is 0.129. The lowest BCUT2D eigenvalue weighted by molar-refractivity contribution is 0.0795. The third kappa shape index (κ3) is 2.89. The Morgan fingerprint density at radius 1 is 1.27 bits per heavy atom. The molecule has 134 valence electrons. The zero-order valence-corrected chi connectivity index (χ0v) is 16.1. The number of nitrogens with zero attached hydrogens (tertiary/aromatic N) is 4. The van der Waals surface area contributed by atoms with Crippen LogP contribution in [-0.4, -0.2) is 58.8 Å². The third-order valence-electron chi connectivity index (χ3n) is 4.58. The van der Waals surface area contributed by atoms with Crippen molar-refractivity contribution >= 4 is 44.8 Å². The Balaban J connectivity index is 1.69. The predicted molar refractivity (Wildman–Crippen MR) is 103 cm³/mol. The summed E-state index contributed by atoms with van der Waals surface area (Å²) in [4.78, 5) is 39.9.